The fourth-order valence-electron chi connectivity index (χ4n) is 3.71. The number of ether oxygens (including phenoxy) is 1. The standard InChI is InChI=1S/C25H20F2N2O5S2/c1-16-4-7-18(8-5-16)36(32,33)29-12-10-19-20(11-13-35(3,30)31)25(22(27)15-24(19)29)34-17-6-9-21(26)23(14-17)28-2/h4-10,12,14-15H,11,13H2,1,3H3. The molecule has 0 N–H and O–H groups in total. The van der Waals surface area contributed by atoms with E-state index in [4.69, 9.17) is 11.3 Å². The molecular formula is C25H20F2N2O5S2. The van der Waals surface area contributed by atoms with Gasteiger partial charge in [0, 0.05) is 29.5 Å². The molecule has 4 aromatic rings. The zero-order valence-corrected chi connectivity index (χ0v) is 20.8. The number of aryl methyl sites for hydroxylation is 2. The van der Waals surface area contributed by atoms with Crippen molar-refractivity contribution in [2.24, 2.45) is 0 Å². The molecule has 7 nitrogen and oxygen atoms in total. The van der Waals surface area contributed by atoms with E-state index in [1.165, 1.54) is 30.5 Å². The summed E-state index contributed by atoms with van der Waals surface area (Å²) in [5.41, 5.74) is 0.665. The van der Waals surface area contributed by atoms with Crippen molar-refractivity contribution >= 4 is 36.5 Å². The number of sulfone groups is 1. The third-order valence-electron chi connectivity index (χ3n) is 5.53. The lowest BCUT2D eigenvalue weighted by Crippen LogP contribution is -2.12. The maximum Gasteiger partial charge on any atom is 0.268 e. The predicted molar refractivity (Wildman–Crippen MR) is 132 cm³/mol. The lowest BCUT2D eigenvalue weighted by molar-refractivity contribution is 0.437. The number of hydrogen-bond donors (Lipinski definition) is 0. The van der Waals surface area contributed by atoms with Crippen LogP contribution in [0.4, 0.5) is 14.5 Å². The van der Waals surface area contributed by atoms with Gasteiger partial charge in [-0.15, -0.1) is 0 Å². The minimum Gasteiger partial charge on any atom is -0.455 e. The Kier molecular flexibility index (Phi) is 6.60. The van der Waals surface area contributed by atoms with Crippen molar-refractivity contribution in [1.82, 2.24) is 3.97 Å². The molecular weight excluding hydrogens is 510 g/mol. The van der Waals surface area contributed by atoms with Crippen LogP contribution in [-0.4, -0.2) is 32.8 Å². The first kappa shape index (κ1) is 25.3. The highest BCUT2D eigenvalue weighted by Crippen LogP contribution is 2.38. The molecule has 0 aliphatic carbocycles. The van der Waals surface area contributed by atoms with Crippen LogP contribution in [0.25, 0.3) is 15.7 Å². The van der Waals surface area contributed by atoms with Gasteiger partial charge in [-0.2, -0.15) is 0 Å². The zero-order valence-electron chi connectivity index (χ0n) is 19.2. The van der Waals surface area contributed by atoms with Gasteiger partial charge >= 0.3 is 0 Å². The predicted octanol–water partition coefficient (Wildman–Crippen LogP) is 5.40. The monoisotopic (exact) mass is 530 g/mol. The van der Waals surface area contributed by atoms with E-state index >= 15 is 4.39 Å². The number of aromatic nitrogens is 1. The van der Waals surface area contributed by atoms with Gasteiger partial charge in [0.25, 0.3) is 10.0 Å². The Morgan fingerprint density at radius 1 is 0.972 bits per heavy atom. The first-order valence-electron chi connectivity index (χ1n) is 10.6. The highest BCUT2D eigenvalue weighted by molar-refractivity contribution is 7.90. The molecule has 1 aromatic heterocycles. The van der Waals surface area contributed by atoms with Crippen LogP contribution >= 0.6 is 0 Å². The minimum absolute atomic E-state index is 0.00186. The molecule has 0 saturated carbocycles. The van der Waals surface area contributed by atoms with Crippen LogP contribution in [0.5, 0.6) is 11.5 Å². The molecule has 0 atom stereocenters. The third-order valence-corrected chi connectivity index (χ3v) is 8.18. The van der Waals surface area contributed by atoms with Gasteiger partial charge in [-0.1, -0.05) is 17.7 Å². The van der Waals surface area contributed by atoms with Gasteiger partial charge in [-0.25, -0.2) is 34.4 Å². The van der Waals surface area contributed by atoms with Crippen LogP contribution in [0.15, 0.2) is 65.7 Å². The Hall–Kier alpha value is -3.75. The van der Waals surface area contributed by atoms with Crippen LogP contribution in [0.2, 0.25) is 0 Å². The molecule has 3 aromatic carbocycles. The van der Waals surface area contributed by atoms with Gasteiger partial charge in [-0.05, 0) is 49.7 Å². The van der Waals surface area contributed by atoms with Gasteiger partial charge in [0.05, 0.1) is 22.7 Å². The van der Waals surface area contributed by atoms with E-state index in [-0.39, 0.29) is 50.7 Å². The summed E-state index contributed by atoms with van der Waals surface area (Å²) in [7, 11) is -7.56. The molecule has 0 bridgehead atoms. The number of hydrogen-bond acceptors (Lipinski definition) is 5. The minimum atomic E-state index is -4.09. The average molecular weight is 531 g/mol. The van der Waals surface area contributed by atoms with Crippen LogP contribution < -0.4 is 4.74 Å². The van der Waals surface area contributed by atoms with Gasteiger partial charge in [-0.3, -0.25) is 0 Å². The summed E-state index contributed by atoms with van der Waals surface area (Å²) in [5, 5.41) is 0.276. The molecule has 0 saturated heterocycles. The largest absolute Gasteiger partial charge is 0.455 e. The highest BCUT2D eigenvalue weighted by Gasteiger charge is 2.24. The summed E-state index contributed by atoms with van der Waals surface area (Å²) in [5.74, 6) is -2.44. The highest BCUT2D eigenvalue weighted by atomic mass is 32.2. The van der Waals surface area contributed by atoms with E-state index in [1.54, 1.807) is 12.1 Å². The molecule has 11 heteroatoms. The van der Waals surface area contributed by atoms with Crippen LogP contribution in [0, 0.1) is 25.1 Å². The molecule has 0 aliphatic rings. The SMILES string of the molecule is [C-]#[N+]c1cc(Oc2c(F)cc3c(ccn3S(=O)(=O)c3ccc(C)cc3)c2CCS(C)(=O)=O)ccc1F. The summed E-state index contributed by atoms with van der Waals surface area (Å²) in [4.78, 5) is 3.05. The first-order chi connectivity index (χ1) is 16.9. The number of nitrogens with zero attached hydrogens (tertiary/aromatic N) is 2. The number of benzene rings is 3. The first-order valence-corrected chi connectivity index (χ1v) is 14.1. The molecule has 0 fully saturated rings. The number of halogens is 2. The maximum absolute atomic E-state index is 15.4. The van der Waals surface area contributed by atoms with Crippen molar-refractivity contribution < 1.29 is 30.4 Å². The number of rotatable bonds is 7. The second-order valence-corrected chi connectivity index (χ2v) is 12.3. The smallest absolute Gasteiger partial charge is 0.268 e. The molecule has 0 spiro atoms. The van der Waals surface area contributed by atoms with Crippen LogP contribution in [0.1, 0.15) is 11.1 Å². The fraction of sp³-hybridized carbons (Fsp3) is 0.160. The normalized spacial score (nSPS) is 12.0. The molecule has 0 unspecified atom stereocenters. The lowest BCUT2D eigenvalue weighted by Gasteiger charge is -2.15. The lowest BCUT2D eigenvalue weighted by atomic mass is 10.1. The summed E-state index contributed by atoms with van der Waals surface area (Å²) in [6.45, 7) is 8.88. The zero-order chi connectivity index (χ0) is 26.3. The van der Waals surface area contributed by atoms with E-state index in [2.05, 4.69) is 4.85 Å². The van der Waals surface area contributed by atoms with Crippen molar-refractivity contribution in [2.45, 2.75) is 18.2 Å². The second kappa shape index (κ2) is 9.37. The Morgan fingerprint density at radius 2 is 1.67 bits per heavy atom. The Morgan fingerprint density at radius 3 is 2.31 bits per heavy atom. The number of fused-ring (bicyclic) bond motifs is 1. The average Bonchev–Trinajstić information content (AvgIpc) is 3.24. The van der Waals surface area contributed by atoms with Crippen LogP contribution in [-0.2, 0) is 26.3 Å². The van der Waals surface area contributed by atoms with Crippen molar-refractivity contribution in [2.75, 3.05) is 12.0 Å². The molecule has 186 valence electrons. The summed E-state index contributed by atoms with van der Waals surface area (Å²) >= 11 is 0. The second-order valence-electron chi connectivity index (χ2n) is 8.24. The topological polar surface area (TPSA) is 86.8 Å². The molecule has 1 heterocycles. The van der Waals surface area contributed by atoms with Crippen molar-refractivity contribution in [3.8, 4) is 11.5 Å². The van der Waals surface area contributed by atoms with E-state index < -0.39 is 31.5 Å². The fourth-order valence-corrected chi connectivity index (χ4v) is 5.63. The van der Waals surface area contributed by atoms with Gasteiger partial charge in [0.1, 0.15) is 21.4 Å². The quantitative estimate of drug-likeness (QED) is 0.299. The third kappa shape index (κ3) is 4.96. The Balaban J connectivity index is 1.90. The summed E-state index contributed by atoms with van der Waals surface area (Å²) in [6, 6.07) is 11.9. The summed E-state index contributed by atoms with van der Waals surface area (Å²) < 4.78 is 86.1. The molecule has 0 aliphatic heterocycles. The van der Waals surface area contributed by atoms with Gasteiger partial charge in [0.2, 0.25) is 5.69 Å². The molecule has 0 radical (unpaired) electrons. The van der Waals surface area contributed by atoms with E-state index in [9.17, 15) is 21.2 Å². The van der Waals surface area contributed by atoms with E-state index in [0.717, 1.165) is 34.0 Å². The van der Waals surface area contributed by atoms with E-state index in [0.29, 0.717) is 0 Å². The Bertz CT molecular complexity index is 1740. The maximum atomic E-state index is 15.4. The van der Waals surface area contributed by atoms with Gasteiger partial charge in [0.15, 0.2) is 11.6 Å². The molecule has 4 rings (SSSR count). The van der Waals surface area contributed by atoms with Crippen molar-refractivity contribution in [3.63, 3.8) is 0 Å². The van der Waals surface area contributed by atoms with Gasteiger partial charge < -0.3 is 4.74 Å². The summed E-state index contributed by atoms with van der Waals surface area (Å²) in [6.07, 6.45) is 2.12. The Labute approximate surface area is 207 Å². The van der Waals surface area contributed by atoms with Crippen molar-refractivity contribution in [3.05, 3.63) is 95.0 Å². The van der Waals surface area contributed by atoms with Crippen molar-refractivity contribution in [1.29, 1.82) is 0 Å². The van der Waals surface area contributed by atoms with Crippen LogP contribution in [0.3, 0.4) is 0 Å². The molecule has 36 heavy (non-hydrogen) atoms. The van der Waals surface area contributed by atoms with E-state index in [1.807, 2.05) is 6.92 Å². The molecule has 0 amide bonds.